The number of amides is 1. The fraction of sp³-hybridized carbons (Fsp3) is 0.385. The van der Waals surface area contributed by atoms with Crippen LogP contribution >= 0.6 is 11.6 Å². The number of fused-ring (bicyclic) bond motifs is 2. The lowest BCUT2D eigenvalue weighted by atomic mass is 10.1. The smallest absolute Gasteiger partial charge is 0.228 e. The molecule has 1 aromatic carbocycles. The number of rotatable bonds is 5. The van der Waals surface area contributed by atoms with Gasteiger partial charge in [-0.25, -0.2) is 4.98 Å². The number of benzene rings is 1. The molecule has 1 fully saturated rings. The molecule has 0 atom stereocenters. The molecule has 0 saturated carbocycles. The number of hydrogen-bond donors (Lipinski definition) is 1. The predicted molar refractivity (Wildman–Crippen MR) is 143 cm³/mol. The molecule has 10 heteroatoms. The first-order chi connectivity index (χ1) is 17.2. The van der Waals surface area contributed by atoms with Crippen molar-refractivity contribution in [3.63, 3.8) is 0 Å². The van der Waals surface area contributed by atoms with Crippen LogP contribution in [0.2, 0.25) is 5.02 Å². The normalized spacial score (nSPS) is 14.3. The minimum absolute atomic E-state index is 0.0619. The van der Waals surface area contributed by atoms with Crippen LogP contribution in [0, 0.1) is 0 Å². The molecule has 5 rings (SSSR count). The van der Waals surface area contributed by atoms with E-state index in [1.807, 2.05) is 71.9 Å². The third kappa shape index (κ3) is 4.51. The second kappa shape index (κ2) is 9.46. The molecule has 0 unspecified atom stereocenters. The molecule has 9 nitrogen and oxygen atoms in total. The first-order valence-corrected chi connectivity index (χ1v) is 12.5. The summed E-state index contributed by atoms with van der Waals surface area (Å²) in [6, 6.07) is 7.85. The van der Waals surface area contributed by atoms with E-state index in [0.29, 0.717) is 55.0 Å². The van der Waals surface area contributed by atoms with Crippen LogP contribution in [0.1, 0.15) is 32.5 Å². The Morgan fingerprint density at radius 3 is 2.58 bits per heavy atom. The fourth-order valence-corrected chi connectivity index (χ4v) is 4.85. The van der Waals surface area contributed by atoms with E-state index in [0.717, 1.165) is 21.9 Å². The molecule has 0 aliphatic carbocycles. The van der Waals surface area contributed by atoms with Crippen LogP contribution in [0.4, 0.5) is 11.8 Å². The lowest BCUT2D eigenvalue weighted by molar-refractivity contribution is -0.129. The van der Waals surface area contributed by atoms with E-state index in [9.17, 15) is 9.90 Å². The Labute approximate surface area is 214 Å². The number of halogens is 1. The molecule has 0 bridgehead atoms. The maximum atomic E-state index is 11.8. The lowest BCUT2D eigenvalue weighted by Crippen LogP contribution is -2.48. The van der Waals surface area contributed by atoms with E-state index in [4.69, 9.17) is 21.6 Å². The highest BCUT2D eigenvalue weighted by Gasteiger charge is 2.25. The predicted octanol–water partition coefficient (Wildman–Crippen LogP) is 4.22. The highest BCUT2D eigenvalue weighted by molar-refractivity contribution is 6.31. The van der Waals surface area contributed by atoms with Crippen molar-refractivity contribution in [2.75, 3.05) is 43.0 Å². The monoisotopic (exact) mass is 507 g/mol. The van der Waals surface area contributed by atoms with Gasteiger partial charge < -0.3 is 24.4 Å². The standard InChI is InChI=1S/C26H30ClN7O2/c1-16(2)34-15-22-23(25(34)36)29-26(33-9-7-32(8-10-33)17(3)35)30-24(22)31(4)14-21-12-19-11-20(27)6-5-18(19)13-28-21/h5-6,11-13,15-16,36H,7-10,14H2,1-4H3. The van der Waals surface area contributed by atoms with E-state index in [2.05, 4.69) is 9.88 Å². The van der Waals surface area contributed by atoms with E-state index in [-0.39, 0.29) is 17.8 Å². The minimum atomic E-state index is 0.0619. The first kappa shape index (κ1) is 24.1. The summed E-state index contributed by atoms with van der Waals surface area (Å²) in [5, 5.41) is 14.5. The van der Waals surface area contributed by atoms with E-state index >= 15 is 0 Å². The average molecular weight is 508 g/mol. The van der Waals surface area contributed by atoms with Crippen LogP contribution in [0.25, 0.3) is 21.7 Å². The summed E-state index contributed by atoms with van der Waals surface area (Å²) < 4.78 is 1.81. The minimum Gasteiger partial charge on any atom is -0.493 e. The van der Waals surface area contributed by atoms with E-state index in [1.54, 1.807) is 6.92 Å². The molecule has 3 aromatic heterocycles. The van der Waals surface area contributed by atoms with Crippen molar-refractivity contribution in [2.24, 2.45) is 0 Å². The van der Waals surface area contributed by atoms with Gasteiger partial charge in [0.1, 0.15) is 11.3 Å². The Morgan fingerprint density at radius 1 is 1.14 bits per heavy atom. The fourth-order valence-electron chi connectivity index (χ4n) is 4.67. The first-order valence-electron chi connectivity index (χ1n) is 12.1. The van der Waals surface area contributed by atoms with Crippen molar-refractivity contribution in [1.82, 2.24) is 24.4 Å². The number of carbonyl (C=O) groups is 1. The molecule has 36 heavy (non-hydrogen) atoms. The third-order valence-corrected chi connectivity index (χ3v) is 6.94. The molecule has 1 N–H and O–H groups in total. The van der Waals surface area contributed by atoms with Crippen LogP contribution in [0.3, 0.4) is 0 Å². The summed E-state index contributed by atoms with van der Waals surface area (Å²) >= 11 is 6.20. The van der Waals surface area contributed by atoms with Gasteiger partial charge >= 0.3 is 0 Å². The number of anilines is 2. The zero-order valence-electron chi connectivity index (χ0n) is 20.9. The summed E-state index contributed by atoms with van der Waals surface area (Å²) in [4.78, 5) is 32.0. The Bertz CT molecular complexity index is 1440. The van der Waals surface area contributed by atoms with Gasteiger partial charge in [0.15, 0.2) is 0 Å². The van der Waals surface area contributed by atoms with Crippen LogP contribution in [0.5, 0.6) is 5.88 Å². The van der Waals surface area contributed by atoms with E-state index < -0.39 is 0 Å². The molecule has 1 aliphatic heterocycles. The zero-order valence-corrected chi connectivity index (χ0v) is 21.7. The van der Waals surface area contributed by atoms with Crippen molar-refractivity contribution in [3.05, 3.63) is 47.4 Å². The van der Waals surface area contributed by atoms with Crippen LogP contribution in [-0.2, 0) is 11.3 Å². The van der Waals surface area contributed by atoms with Crippen LogP contribution < -0.4 is 9.80 Å². The number of hydrogen-bond acceptors (Lipinski definition) is 7. The van der Waals surface area contributed by atoms with Gasteiger partial charge in [-0.05, 0) is 37.4 Å². The molecule has 1 saturated heterocycles. The van der Waals surface area contributed by atoms with Crippen molar-refractivity contribution in [1.29, 1.82) is 0 Å². The van der Waals surface area contributed by atoms with Gasteiger partial charge in [0.25, 0.3) is 0 Å². The highest BCUT2D eigenvalue weighted by atomic mass is 35.5. The van der Waals surface area contributed by atoms with E-state index in [1.165, 1.54) is 0 Å². The summed E-state index contributed by atoms with van der Waals surface area (Å²) in [5.41, 5.74) is 1.39. The highest BCUT2D eigenvalue weighted by Crippen LogP contribution is 2.35. The molecule has 0 spiro atoms. The van der Waals surface area contributed by atoms with Crippen molar-refractivity contribution >= 4 is 50.9 Å². The molecule has 4 heterocycles. The Balaban J connectivity index is 1.53. The second-order valence-corrected chi connectivity index (χ2v) is 10.0. The topological polar surface area (TPSA) is 90.6 Å². The molecular formula is C26H30ClN7O2. The van der Waals surface area contributed by atoms with Gasteiger partial charge in [-0.1, -0.05) is 17.7 Å². The van der Waals surface area contributed by atoms with Crippen molar-refractivity contribution in [2.45, 2.75) is 33.4 Å². The number of nitrogens with zero attached hydrogens (tertiary/aromatic N) is 7. The summed E-state index contributed by atoms with van der Waals surface area (Å²) in [5.74, 6) is 1.45. The summed E-state index contributed by atoms with van der Waals surface area (Å²) in [7, 11) is 1.97. The van der Waals surface area contributed by atoms with Gasteiger partial charge in [0.2, 0.25) is 17.7 Å². The lowest BCUT2D eigenvalue weighted by Gasteiger charge is -2.34. The Kier molecular flexibility index (Phi) is 6.34. The second-order valence-electron chi connectivity index (χ2n) is 9.58. The summed E-state index contributed by atoms with van der Waals surface area (Å²) in [6.07, 6.45) is 3.76. The third-order valence-electron chi connectivity index (χ3n) is 6.70. The Hall–Kier alpha value is -3.59. The van der Waals surface area contributed by atoms with Gasteiger partial charge in [-0.15, -0.1) is 0 Å². The number of piperazine rings is 1. The number of aromatic hydroxyl groups is 1. The maximum absolute atomic E-state index is 11.8. The largest absolute Gasteiger partial charge is 0.493 e. The zero-order chi connectivity index (χ0) is 25.6. The molecular weight excluding hydrogens is 478 g/mol. The van der Waals surface area contributed by atoms with Gasteiger partial charge in [0, 0.05) is 69.0 Å². The van der Waals surface area contributed by atoms with Crippen LogP contribution in [-0.4, -0.2) is 68.7 Å². The van der Waals surface area contributed by atoms with Crippen molar-refractivity contribution < 1.29 is 9.90 Å². The SMILES string of the molecule is CC(=O)N1CCN(c2nc(N(C)Cc3cc4cc(Cl)ccc4cn3)c3cn(C(C)C)c(O)c3n2)CC1. The van der Waals surface area contributed by atoms with Crippen LogP contribution in [0.15, 0.2) is 36.7 Å². The quantitative estimate of drug-likeness (QED) is 0.432. The van der Waals surface area contributed by atoms with Gasteiger partial charge in [0.05, 0.1) is 17.6 Å². The van der Waals surface area contributed by atoms with Gasteiger partial charge in [-0.2, -0.15) is 4.98 Å². The van der Waals surface area contributed by atoms with Crippen molar-refractivity contribution in [3.8, 4) is 5.88 Å². The molecule has 0 radical (unpaired) electrons. The number of carbonyl (C=O) groups excluding carboxylic acids is 1. The summed E-state index contributed by atoms with van der Waals surface area (Å²) in [6.45, 7) is 8.63. The number of pyridine rings is 1. The number of aromatic nitrogens is 4. The average Bonchev–Trinajstić information content (AvgIpc) is 3.20. The Morgan fingerprint density at radius 2 is 1.89 bits per heavy atom. The molecule has 188 valence electrons. The molecule has 1 amide bonds. The van der Waals surface area contributed by atoms with Gasteiger partial charge in [-0.3, -0.25) is 9.78 Å². The molecule has 4 aromatic rings. The molecule has 1 aliphatic rings. The maximum Gasteiger partial charge on any atom is 0.228 e.